The lowest BCUT2D eigenvalue weighted by Crippen LogP contribution is -2.27. The normalized spacial score (nSPS) is 20.7. The van der Waals surface area contributed by atoms with Crippen molar-refractivity contribution in [2.24, 2.45) is 0 Å². The maximum absolute atomic E-state index is 5.86. The molecule has 2 fully saturated rings. The summed E-state index contributed by atoms with van der Waals surface area (Å²) in [7, 11) is 0. The minimum Gasteiger partial charge on any atom is -0.454 e. The van der Waals surface area contributed by atoms with Crippen LogP contribution in [-0.4, -0.2) is 37.6 Å². The smallest absolute Gasteiger partial charge is 0.231 e. The summed E-state index contributed by atoms with van der Waals surface area (Å²) in [6, 6.07) is 11.1. The van der Waals surface area contributed by atoms with Gasteiger partial charge in [-0.15, -0.1) is 0 Å². The minimum absolute atomic E-state index is 0.304. The second kappa shape index (κ2) is 7.21. The molecule has 30 heavy (non-hydrogen) atoms. The molecular weight excluding hydrogens is 398 g/mol. The van der Waals surface area contributed by atoms with Gasteiger partial charge in [-0.1, -0.05) is 6.07 Å². The van der Waals surface area contributed by atoms with Gasteiger partial charge in [0.15, 0.2) is 22.1 Å². The van der Waals surface area contributed by atoms with Crippen molar-refractivity contribution < 1.29 is 9.47 Å². The molecule has 4 heterocycles. The molecule has 1 atom stereocenters. The van der Waals surface area contributed by atoms with E-state index in [1.807, 2.05) is 23.0 Å². The Morgan fingerprint density at radius 1 is 1.10 bits per heavy atom. The Morgan fingerprint density at radius 3 is 2.83 bits per heavy atom. The maximum Gasteiger partial charge on any atom is 0.231 e. The third-order valence-electron chi connectivity index (χ3n) is 6.16. The van der Waals surface area contributed by atoms with Crippen LogP contribution in [-0.2, 0) is 6.67 Å². The van der Waals surface area contributed by atoms with Crippen molar-refractivity contribution >= 4 is 12.2 Å². The Labute approximate surface area is 179 Å². The Kier molecular flexibility index (Phi) is 4.35. The molecular formula is C22H23N5O2S. The Hall–Kier alpha value is -2.71. The first-order chi connectivity index (χ1) is 14.8. The fourth-order valence-electron chi connectivity index (χ4n) is 4.53. The Morgan fingerprint density at radius 2 is 2.00 bits per heavy atom. The van der Waals surface area contributed by atoms with E-state index in [0.717, 1.165) is 59.9 Å². The molecule has 0 spiro atoms. The zero-order valence-electron chi connectivity index (χ0n) is 16.6. The van der Waals surface area contributed by atoms with Gasteiger partial charge in [0.25, 0.3) is 0 Å². The highest BCUT2D eigenvalue weighted by Gasteiger charge is 2.32. The van der Waals surface area contributed by atoms with E-state index in [1.165, 1.54) is 5.56 Å². The Balaban J connectivity index is 1.32. The molecule has 1 unspecified atom stereocenters. The number of hydrogen-bond acceptors (Lipinski definition) is 6. The summed E-state index contributed by atoms with van der Waals surface area (Å²) in [5.41, 5.74) is 2.28. The van der Waals surface area contributed by atoms with Gasteiger partial charge in [0.2, 0.25) is 6.79 Å². The van der Waals surface area contributed by atoms with Crippen LogP contribution in [0, 0.1) is 4.77 Å². The predicted molar refractivity (Wildman–Crippen MR) is 114 cm³/mol. The zero-order chi connectivity index (χ0) is 20.1. The van der Waals surface area contributed by atoms with Crippen molar-refractivity contribution in [1.82, 2.24) is 24.2 Å². The average Bonchev–Trinajstić information content (AvgIpc) is 3.19. The molecule has 8 heteroatoms. The number of rotatable bonds is 5. The molecule has 2 aromatic heterocycles. The van der Waals surface area contributed by atoms with Gasteiger partial charge in [-0.05, 0) is 67.7 Å². The number of hydrogen-bond donors (Lipinski definition) is 0. The number of pyridine rings is 1. The summed E-state index contributed by atoms with van der Waals surface area (Å²) in [5.74, 6) is 2.59. The molecule has 2 aliphatic heterocycles. The van der Waals surface area contributed by atoms with E-state index in [9.17, 15) is 0 Å². The SMILES string of the molecule is S=c1n(CN2CCCC2c2ccc3c(c2)OCO3)nc(-c2cccnc2)n1C1CC1. The third kappa shape index (κ3) is 3.11. The van der Waals surface area contributed by atoms with Crippen LogP contribution in [0.1, 0.15) is 43.3 Å². The van der Waals surface area contributed by atoms with Crippen LogP contribution < -0.4 is 9.47 Å². The molecule has 1 saturated carbocycles. The molecule has 0 radical (unpaired) electrons. The second-order valence-corrected chi connectivity index (χ2v) is 8.54. The lowest BCUT2D eigenvalue weighted by molar-refractivity contribution is 0.173. The van der Waals surface area contributed by atoms with Crippen LogP contribution in [0.2, 0.25) is 0 Å². The average molecular weight is 422 g/mol. The summed E-state index contributed by atoms with van der Waals surface area (Å²) in [6.07, 6.45) is 8.26. The van der Waals surface area contributed by atoms with Gasteiger partial charge in [0, 0.05) is 36.6 Å². The van der Waals surface area contributed by atoms with E-state index in [4.69, 9.17) is 26.8 Å². The van der Waals surface area contributed by atoms with Crippen molar-refractivity contribution in [1.29, 1.82) is 0 Å². The first-order valence-electron chi connectivity index (χ1n) is 10.5. The van der Waals surface area contributed by atoms with E-state index in [0.29, 0.717) is 25.5 Å². The molecule has 6 rings (SSSR count). The van der Waals surface area contributed by atoms with Gasteiger partial charge in [0.05, 0.1) is 6.67 Å². The van der Waals surface area contributed by atoms with Crippen molar-refractivity contribution in [2.75, 3.05) is 13.3 Å². The van der Waals surface area contributed by atoms with Gasteiger partial charge in [-0.3, -0.25) is 14.5 Å². The van der Waals surface area contributed by atoms with Gasteiger partial charge >= 0.3 is 0 Å². The second-order valence-electron chi connectivity index (χ2n) is 8.17. The molecule has 1 saturated heterocycles. The standard InChI is InChI=1S/C22H23N5O2S/c30-22-26(24-21(27(22)17-6-7-17)16-3-1-9-23-12-16)13-25-10-2-4-18(25)15-5-8-19-20(11-15)29-14-28-19/h1,3,5,8-9,11-12,17-18H,2,4,6-7,10,13-14H2. The lowest BCUT2D eigenvalue weighted by atomic mass is 10.0. The Bertz CT molecular complexity index is 1140. The van der Waals surface area contributed by atoms with E-state index in [2.05, 4.69) is 32.7 Å². The highest BCUT2D eigenvalue weighted by atomic mass is 32.1. The molecule has 154 valence electrons. The van der Waals surface area contributed by atoms with Crippen LogP contribution in [0.5, 0.6) is 11.5 Å². The van der Waals surface area contributed by atoms with Crippen molar-refractivity contribution in [3.8, 4) is 22.9 Å². The number of likely N-dealkylation sites (tertiary alicyclic amines) is 1. The number of benzene rings is 1. The molecule has 1 aliphatic carbocycles. The first-order valence-corrected chi connectivity index (χ1v) is 10.9. The monoisotopic (exact) mass is 421 g/mol. The van der Waals surface area contributed by atoms with Crippen LogP contribution in [0.15, 0.2) is 42.7 Å². The van der Waals surface area contributed by atoms with Crippen molar-refractivity contribution in [3.05, 3.63) is 53.1 Å². The third-order valence-corrected chi connectivity index (χ3v) is 6.57. The van der Waals surface area contributed by atoms with Gasteiger partial charge in [-0.2, -0.15) is 5.10 Å². The summed E-state index contributed by atoms with van der Waals surface area (Å²) < 4.78 is 16.1. The lowest BCUT2D eigenvalue weighted by Gasteiger charge is -2.24. The maximum atomic E-state index is 5.86. The zero-order valence-corrected chi connectivity index (χ0v) is 17.4. The van der Waals surface area contributed by atoms with Gasteiger partial charge < -0.3 is 9.47 Å². The number of nitrogens with zero attached hydrogens (tertiary/aromatic N) is 5. The highest BCUT2D eigenvalue weighted by molar-refractivity contribution is 7.71. The minimum atomic E-state index is 0.304. The summed E-state index contributed by atoms with van der Waals surface area (Å²) in [4.78, 5) is 6.74. The first kappa shape index (κ1) is 18.1. The summed E-state index contributed by atoms with van der Waals surface area (Å²) >= 11 is 5.86. The number of aromatic nitrogens is 4. The van der Waals surface area contributed by atoms with Crippen molar-refractivity contribution in [2.45, 2.75) is 44.4 Å². The predicted octanol–water partition coefficient (Wildman–Crippen LogP) is 4.33. The van der Waals surface area contributed by atoms with Crippen LogP contribution in [0.3, 0.4) is 0 Å². The molecule has 1 aromatic carbocycles. The topological polar surface area (TPSA) is 57.3 Å². The fraction of sp³-hybridized carbons (Fsp3) is 0.409. The van der Waals surface area contributed by atoms with E-state index in [1.54, 1.807) is 6.20 Å². The molecule has 3 aliphatic rings. The molecule has 3 aromatic rings. The van der Waals surface area contributed by atoms with E-state index in [-0.39, 0.29) is 0 Å². The van der Waals surface area contributed by atoms with Crippen LogP contribution in [0.4, 0.5) is 0 Å². The van der Waals surface area contributed by atoms with Gasteiger partial charge in [-0.25, -0.2) is 4.68 Å². The van der Waals surface area contributed by atoms with Crippen LogP contribution >= 0.6 is 12.2 Å². The molecule has 0 bridgehead atoms. The van der Waals surface area contributed by atoms with E-state index >= 15 is 0 Å². The quantitative estimate of drug-likeness (QED) is 0.572. The molecule has 0 N–H and O–H groups in total. The number of fused-ring (bicyclic) bond motifs is 1. The van der Waals surface area contributed by atoms with Gasteiger partial charge in [0.1, 0.15) is 0 Å². The highest BCUT2D eigenvalue weighted by Crippen LogP contribution is 2.40. The van der Waals surface area contributed by atoms with Crippen molar-refractivity contribution in [3.63, 3.8) is 0 Å². The number of ether oxygens (including phenoxy) is 2. The molecule has 7 nitrogen and oxygen atoms in total. The molecule has 0 amide bonds. The summed E-state index contributed by atoms with van der Waals surface area (Å²) in [6.45, 7) is 2.02. The fourth-order valence-corrected chi connectivity index (χ4v) is 4.87. The summed E-state index contributed by atoms with van der Waals surface area (Å²) in [5, 5.41) is 4.94. The largest absolute Gasteiger partial charge is 0.454 e. The van der Waals surface area contributed by atoms with Crippen LogP contribution in [0.25, 0.3) is 11.4 Å². The van der Waals surface area contributed by atoms with E-state index < -0.39 is 0 Å².